The van der Waals surface area contributed by atoms with Crippen molar-refractivity contribution >= 4 is 34.1 Å². The first-order chi connectivity index (χ1) is 16.0. The maximum absolute atomic E-state index is 12.8. The number of hydrogen-bond donors (Lipinski definition) is 0. The van der Waals surface area contributed by atoms with E-state index in [-0.39, 0.29) is 5.91 Å². The van der Waals surface area contributed by atoms with Crippen LogP contribution in [0.15, 0.2) is 41.8 Å². The second kappa shape index (κ2) is 8.92. The van der Waals surface area contributed by atoms with Gasteiger partial charge in [0.1, 0.15) is 12.4 Å². The summed E-state index contributed by atoms with van der Waals surface area (Å²) >= 11 is 1.48. The molecule has 0 saturated carbocycles. The Morgan fingerprint density at radius 2 is 1.82 bits per heavy atom. The van der Waals surface area contributed by atoms with Gasteiger partial charge in [-0.2, -0.15) is 5.10 Å². The van der Waals surface area contributed by atoms with E-state index in [0.717, 1.165) is 33.1 Å². The van der Waals surface area contributed by atoms with Crippen molar-refractivity contribution in [3.05, 3.63) is 63.7 Å². The lowest BCUT2D eigenvalue weighted by Crippen LogP contribution is -2.49. The second-order valence-corrected chi connectivity index (χ2v) is 9.13. The van der Waals surface area contributed by atoms with Gasteiger partial charge >= 0.3 is 0 Å². The molecule has 1 saturated heterocycles. The molecule has 9 heteroatoms. The van der Waals surface area contributed by atoms with E-state index in [0.29, 0.717) is 38.6 Å². The molecule has 4 aromatic rings. The average Bonchev–Trinajstić information content (AvgIpc) is 3.48. The lowest BCUT2D eigenvalue weighted by Gasteiger charge is -2.35. The number of carbonyl (C=O) groups is 1. The molecule has 0 bridgehead atoms. The van der Waals surface area contributed by atoms with Crippen molar-refractivity contribution in [2.75, 3.05) is 38.2 Å². The summed E-state index contributed by atoms with van der Waals surface area (Å²) < 4.78 is 7.23. The summed E-state index contributed by atoms with van der Waals surface area (Å²) in [7, 11) is 1.64. The molecule has 0 unspecified atom stereocenters. The number of amides is 1. The van der Waals surface area contributed by atoms with Crippen LogP contribution in [0.2, 0.25) is 0 Å². The number of methoxy groups -OCH3 is 1. The Balaban J connectivity index is 1.50. The standard InChI is InChI=1S/C24H26N6O2S/c1-16-6-8-18(9-7-16)30-23-21(17(2)27-30)22(25-20(26-23)15-32-3)28-10-12-29(13-11-28)24(31)19-5-4-14-33-19/h4-9,14H,10-13,15H2,1-3H3. The Labute approximate surface area is 196 Å². The van der Waals surface area contributed by atoms with Crippen molar-refractivity contribution in [3.8, 4) is 5.69 Å². The number of thiophene rings is 1. The quantitative estimate of drug-likeness (QED) is 0.451. The van der Waals surface area contributed by atoms with E-state index in [2.05, 4.69) is 24.0 Å². The summed E-state index contributed by atoms with van der Waals surface area (Å²) in [6.07, 6.45) is 0. The number of aromatic nitrogens is 4. The summed E-state index contributed by atoms with van der Waals surface area (Å²) in [6, 6.07) is 12.0. The Morgan fingerprint density at radius 3 is 2.48 bits per heavy atom. The highest BCUT2D eigenvalue weighted by Crippen LogP contribution is 2.30. The largest absolute Gasteiger partial charge is 0.377 e. The van der Waals surface area contributed by atoms with Gasteiger partial charge in [0.25, 0.3) is 5.91 Å². The van der Waals surface area contributed by atoms with Gasteiger partial charge < -0.3 is 14.5 Å². The lowest BCUT2D eigenvalue weighted by atomic mass is 10.2. The molecule has 8 nitrogen and oxygen atoms in total. The molecule has 0 atom stereocenters. The number of rotatable bonds is 5. The van der Waals surface area contributed by atoms with Crippen molar-refractivity contribution in [2.45, 2.75) is 20.5 Å². The highest BCUT2D eigenvalue weighted by molar-refractivity contribution is 7.12. The monoisotopic (exact) mass is 462 g/mol. The van der Waals surface area contributed by atoms with E-state index in [4.69, 9.17) is 19.8 Å². The number of fused-ring (bicyclic) bond motifs is 1. The van der Waals surface area contributed by atoms with Crippen LogP contribution in [0.1, 0.15) is 26.8 Å². The Hall–Kier alpha value is -3.30. The normalized spacial score (nSPS) is 14.3. The molecule has 3 aromatic heterocycles. The van der Waals surface area contributed by atoms with E-state index in [1.165, 1.54) is 16.9 Å². The summed E-state index contributed by atoms with van der Waals surface area (Å²) in [6.45, 7) is 7.07. The van der Waals surface area contributed by atoms with Gasteiger partial charge in [0.15, 0.2) is 11.5 Å². The maximum atomic E-state index is 12.8. The van der Waals surface area contributed by atoms with Gasteiger partial charge in [-0.05, 0) is 37.4 Å². The summed E-state index contributed by atoms with van der Waals surface area (Å²) in [5.41, 5.74) is 3.79. The van der Waals surface area contributed by atoms with Gasteiger partial charge in [0.05, 0.1) is 21.6 Å². The predicted molar refractivity (Wildman–Crippen MR) is 129 cm³/mol. The topological polar surface area (TPSA) is 76.4 Å². The Bertz CT molecular complexity index is 1270. The Kier molecular flexibility index (Phi) is 5.82. The fourth-order valence-electron chi connectivity index (χ4n) is 4.17. The minimum Gasteiger partial charge on any atom is -0.377 e. The lowest BCUT2D eigenvalue weighted by molar-refractivity contribution is 0.0751. The van der Waals surface area contributed by atoms with Crippen molar-refractivity contribution in [1.29, 1.82) is 0 Å². The van der Waals surface area contributed by atoms with Crippen LogP contribution in [0.3, 0.4) is 0 Å². The minimum atomic E-state index is 0.0981. The number of ether oxygens (including phenoxy) is 1. The molecule has 1 aliphatic heterocycles. The highest BCUT2D eigenvalue weighted by Gasteiger charge is 2.27. The fourth-order valence-corrected chi connectivity index (χ4v) is 4.86. The van der Waals surface area contributed by atoms with Gasteiger partial charge in [0.2, 0.25) is 0 Å². The van der Waals surface area contributed by atoms with Crippen LogP contribution in [0.25, 0.3) is 16.7 Å². The molecule has 1 fully saturated rings. The number of carbonyl (C=O) groups excluding carboxylic acids is 1. The van der Waals surface area contributed by atoms with E-state index in [1.807, 2.05) is 46.2 Å². The molecule has 1 amide bonds. The van der Waals surface area contributed by atoms with E-state index in [1.54, 1.807) is 7.11 Å². The highest BCUT2D eigenvalue weighted by atomic mass is 32.1. The number of piperazine rings is 1. The molecule has 4 heterocycles. The fraction of sp³-hybridized carbons (Fsp3) is 0.333. The first-order valence-electron chi connectivity index (χ1n) is 10.9. The number of nitrogens with zero attached hydrogens (tertiary/aromatic N) is 6. The first kappa shape index (κ1) is 21.5. The molecule has 33 heavy (non-hydrogen) atoms. The summed E-state index contributed by atoms with van der Waals surface area (Å²) in [5.74, 6) is 1.57. The molecular formula is C24H26N6O2S. The van der Waals surface area contributed by atoms with Crippen LogP contribution in [-0.2, 0) is 11.3 Å². The third-order valence-corrected chi connectivity index (χ3v) is 6.74. The van der Waals surface area contributed by atoms with Gasteiger partial charge in [-0.1, -0.05) is 23.8 Å². The van der Waals surface area contributed by atoms with Crippen molar-refractivity contribution < 1.29 is 9.53 Å². The zero-order valence-corrected chi connectivity index (χ0v) is 19.8. The van der Waals surface area contributed by atoms with E-state index in [9.17, 15) is 4.79 Å². The maximum Gasteiger partial charge on any atom is 0.264 e. The zero-order chi connectivity index (χ0) is 22.9. The summed E-state index contributed by atoms with van der Waals surface area (Å²) in [5, 5.41) is 7.68. The molecule has 5 rings (SSSR count). The smallest absolute Gasteiger partial charge is 0.264 e. The number of benzene rings is 1. The molecule has 170 valence electrons. The average molecular weight is 463 g/mol. The Morgan fingerprint density at radius 1 is 1.06 bits per heavy atom. The van der Waals surface area contributed by atoms with E-state index >= 15 is 0 Å². The predicted octanol–water partition coefficient (Wildman–Crippen LogP) is 3.60. The van der Waals surface area contributed by atoms with Crippen LogP contribution in [0.4, 0.5) is 5.82 Å². The molecule has 0 spiro atoms. The number of anilines is 1. The van der Waals surface area contributed by atoms with Crippen molar-refractivity contribution in [2.24, 2.45) is 0 Å². The van der Waals surface area contributed by atoms with Crippen LogP contribution in [0.5, 0.6) is 0 Å². The SMILES string of the molecule is COCc1nc(N2CCN(C(=O)c3cccs3)CC2)c2c(C)nn(-c3ccc(C)cc3)c2n1. The van der Waals surface area contributed by atoms with Crippen LogP contribution in [0, 0.1) is 13.8 Å². The van der Waals surface area contributed by atoms with Crippen LogP contribution in [-0.4, -0.2) is 63.8 Å². The summed E-state index contributed by atoms with van der Waals surface area (Å²) in [4.78, 5) is 27.3. The van der Waals surface area contributed by atoms with E-state index < -0.39 is 0 Å². The van der Waals surface area contributed by atoms with Gasteiger partial charge in [-0.25, -0.2) is 14.6 Å². The van der Waals surface area contributed by atoms with Gasteiger partial charge in [-0.3, -0.25) is 4.79 Å². The third kappa shape index (κ3) is 4.09. The molecule has 0 aliphatic carbocycles. The molecule has 0 N–H and O–H groups in total. The minimum absolute atomic E-state index is 0.0981. The molecule has 0 radical (unpaired) electrons. The van der Waals surface area contributed by atoms with Crippen LogP contribution >= 0.6 is 11.3 Å². The second-order valence-electron chi connectivity index (χ2n) is 8.18. The third-order valence-electron chi connectivity index (χ3n) is 5.88. The van der Waals surface area contributed by atoms with Crippen molar-refractivity contribution in [1.82, 2.24) is 24.6 Å². The zero-order valence-electron chi connectivity index (χ0n) is 19.0. The van der Waals surface area contributed by atoms with Gasteiger partial charge in [-0.15, -0.1) is 11.3 Å². The number of hydrogen-bond acceptors (Lipinski definition) is 7. The molecule has 1 aromatic carbocycles. The number of aryl methyl sites for hydroxylation is 2. The van der Waals surface area contributed by atoms with Crippen molar-refractivity contribution in [3.63, 3.8) is 0 Å². The van der Waals surface area contributed by atoms with Crippen LogP contribution < -0.4 is 4.90 Å². The molecular weight excluding hydrogens is 436 g/mol. The first-order valence-corrected chi connectivity index (χ1v) is 11.8. The molecule has 1 aliphatic rings. The van der Waals surface area contributed by atoms with Gasteiger partial charge in [0, 0.05) is 33.3 Å².